The number of esters is 1. The quantitative estimate of drug-likeness (QED) is 0.502. The first-order chi connectivity index (χ1) is 10.7. The van der Waals surface area contributed by atoms with Crippen molar-refractivity contribution >= 4 is 48.4 Å². The Balaban J connectivity index is 2.12. The summed E-state index contributed by atoms with van der Waals surface area (Å²) in [5, 5.41) is 3.53. The van der Waals surface area contributed by atoms with Crippen LogP contribution in [-0.4, -0.2) is 17.1 Å². The number of hydrogen-bond donors (Lipinski definition) is 0. The highest BCUT2D eigenvalue weighted by molar-refractivity contribution is 7.26. The molecule has 0 unspecified atom stereocenters. The summed E-state index contributed by atoms with van der Waals surface area (Å²) in [5.41, 5.74) is 1.69. The minimum absolute atomic E-state index is 0.270. The van der Waals surface area contributed by atoms with E-state index in [2.05, 4.69) is 36.4 Å². The van der Waals surface area contributed by atoms with Crippen molar-refractivity contribution < 1.29 is 9.53 Å². The monoisotopic (exact) mass is 309 g/mol. The number of thiophene rings is 1. The van der Waals surface area contributed by atoms with Crippen LogP contribution in [0.2, 0.25) is 0 Å². The van der Waals surface area contributed by atoms with Crippen LogP contribution >= 0.6 is 11.3 Å². The number of aryl methyl sites for hydroxylation is 1. The average molecular weight is 309 g/mol. The Labute approximate surface area is 131 Å². The molecule has 0 radical (unpaired) electrons. The van der Waals surface area contributed by atoms with Crippen LogP contribution in [0, 0.1) is 0 Å². The second-order valence-corrected chi connectivity index (χ2v) is 6.37. The lowest BCUT2D eigenvalue weighted by Crippen LogP contribution is -2.09. The molecule has 2 heterocycles. The van der Waals surface area contributed by atoms with E-state index >= 15 is 0 Å². The molecule has 0 spiro atoms. The predicted octanol–water partition coefficient (Wildman–Crippen LogP) is 4.72. The maximum absolute atomic E-state index is 12.1. The Morgan fingerprint density at radius 3 is 2.82 bits per heavy atom. The van der Waals surface area contributed by atoms with Crippen molar-refractivity contribution in [3.8, 4) is 0 Å². The molecule has 0 amide bonds. The average Bonchev–Trinajstić information content (AvgIpc) is 3.05. The van der Waals surface area contributed by atoms with Crippen molar-refractivity contribution in [1.29, 1.82) is 0 Å². The van der Waals surface area contributed by atoms with Crippen molar-refractivity contribution in [3.05, 3.63) is 48.2 Å². The number of carbonyl (C=O) groups is 1. The van der Waals surface area contributed by atoms with Crippen LogP contribution in [-0.2, 0) is 11.8 Å². The van der Waals surface area contributed by atoms with Gasteiger partial charge in [-0.05, 0) is 25.1 Å². The second-order valence-electron chi connectivity index (χ2n) is 5.28. The second kappa shape index (κ2) is 4.85. The topological polar surface area (TPSA) is 31.2 Å². The standard InChI is InChI=1S/C18H15NO2S/c1-3-21-18(20)13-10-11-8-9-15-16(17(11)19(13)2)12-6-4-5-7-14(12)22-15/h4-10H,3H2,1-2H3. The van der Waals surface area contributed by atoms with Gasteiger partial charge in [-0.1, -0.05) is 24.3 Å². The summed E-state index contributed by atoms with van der Waals surface area (Å²) in [5.74, 6) is -0.270. The molecule has 22 heavy (non-hydrogen) atoms. The predicted molar refractivity (Wildman–Crippen MR) is 91.8 cm³/mol. The number of ether oxygens (including phenoxy) is 1. The zero-order valence-corrected chi connectivity index (χ0v) is 13.2. The van der Waals surface area contributed by atoms with Crippen LogP contribution in [0.15, 0.2) is 42.5 Å². The SMILES string of the molecule is CCOC(=O)c1cc2ccc3sc4ccccc4c3c2n1C. The molecule has 0 aliphatic carbocycles. The van der Waals surface area contributed by atoms with Gasteiger partial charge in [0.1, 0.15) is 5.69 Å². The number of rotatable bonds is 2. The highest BCUT2D eigenvalue weighted by Crippen LogP contribution is 2.39. The normalized spacial score (nSPS) is 11.5. The van der Waals surface area contributed by atoms with E-state index in [0.29, 0.717) is 12.3 Å². The molecule has 110 valence electrons. The summed E-state index contributed by atoms with van der Waals surface area (Å²) < 4.78 is 9.62. The van der Waals surface area contributed by atoms with Gasteiger partial charge in [-0.3, -0.25) is 0 Å². The molecule has 4 heteroatoms. The van der Waals surface area contributed by atoms with Crippen LogP contribution in [0.1, 0.15) is 17.4 Å². The molecule has 0 saturated carbocycles. The molecular weight excluding hydrogens is 294 g/mol. The van der Waals surface area contributed by atoms with E-state index < -0.39 is 0 Å². The van der Waals surface area contributed by atoms with E-state index in [4.69, 9.17) is 4.74 Å². The van der Waals surface area contributed by atoms with Crippen LogP contribution in [0.5, 0.6) is 0 Å². The highest BCUT2D eigenvalue weighted by Gasteiger charge is 2.17. The van der Waals surface area contributed by atoms with Gasteiger partial charge in [-0.2, -0.15) is 0 Å². The number of nitrogens with zero attached hydrogens (tertiary/aromatic N) is 1. The number of carbonyl (C=O) groups excluding carboxylic acids is 1. The van der Waals surface area contributed by atoms with E-state index in [9.17, 15) is 4.79 Å². The van der Waals surface area contributed by atoms with Crippen molar-refractivity contribution in [3.63, 3.8) is 0 Å². The van der Waals surface area contributed by atoms with Crippen LogP contribution < -0.4 is 0 Å². The molecule has 0 saturated heterocycles. The van der Waals surface area contributed by atoms with Gasteiger partial charge in [0.15, 0.2) is 0 Å². The fourth-order valence-corrected chi connectivity index (χ4v) is 4.17. The molecule has 2 aromatic carbocycles. The third-order valence-electron chi connectivity index (χ3n) is 4.02. The van der Waals surface area contributed by atoms with E-state index in [1.165, 1.54) is 20.2 Å². The molecular formula is C18H15NO2S. The summed E-state index contributed by atoms with van der Waals surface area (Å²) >= 11 is 1.78. The number of hydrogen-bond acceptors (Lipinski definition) is 3. The molecule has 0 N–H and O–H groups in total. The molecule has 0 bridgehead atoms. The highest BCUT2D eigenvalue weighted by atomic mass is 32.1. The summed E-state index contributed by atoms with van der Waals surface area (Å²) in [6, 6.07) is 14.5. The maximum Gasteiger partial charge on any atom is 0.354 e. The summed E-state index contributed by atoms with van der Waals surface area (Å²) in [6.07, 6.45) is 0. The van der Waals surface area contributed by atoms with E-state index in [1.54, 1.807) is 11.3 Å². The van der Waals surface area contributed by atoms with Crippen molar-refractivity contribution in [2.75, 3.05) is 6.61 Å². The largest absolute Gasteiger partial charge is 0.461 e. The first kappa shape index (κ1) is 13.3. The van der Waals surface area contributed by atoms with Gasteiger partial charge in [-0.25, -0.2) is 4.79 Å². The van der Waals surface area contributed by atoms with E-state index in [-0.39, 0.29) is 5.97 Å². The van der Waals surface area contributed by atoms with Crippen molar-refractivity contribution in [2.24, 2.45) is 7.05 Å². The van der Waals surface area contributed by atoms with Crippen LogP contribution in [0.3, 0.4) is 0 Å². The fraction of sp³-hybridized carbons (Fsp3) is 0.167. The van der Waals surface area contributed by atoms with E-state index in [0.717, 1.165) is 10.9 Å². The number of aromatic nitrogens is 1. The maximum atomic E-state index is 12.1. The Morgan fingerprint density at radius 1 is 1.18 bits per heavy atom. The summed E-state index contributed by atoms with van der Waals surface area (Å²) in [7, 11) is 1.93. The van der Waals surface area contributed by atoms with Gasteiger partial charge in [0.25, 0.3) is 0 Å². The minimum Gasteiger partial charge on any atom is -0.461 e. The third kappa shape index (κ3) is 1.77. The molecule has 2 aromatic heterocycles. The molecule has 0 aliphatic rings. The number of benzene rings is 2. The molecule has 0 atom stereocenters. The summed E-state index contributed by atoms with van der Waals surface area (Å²) in [4.78, 5) is 12.1. The van der Waals surface area contributed by atoms with Crippen LogP contribution in [0.4, 0.5) is 0 Å². The van der Waals surface area contributed by atoms with Gasteiger partial charge < -0.3 is 9.30 Å². The lowest BCUT2D eigenvalue weighted by atomic mass is 10.1. The number of fused-ring (bicyclic) bond motifs is 5. The Kier molecular flexibility index (Phi) is 2.94. The van der Waals surface area contributed by atoms with Crippen molar-refractivity contribution in [2.45, 2.75) is 6.92 Å². The zero-order chi connectivity index (χ0) is 15.3. The Bertz CT molecular complexity index is 1030. The fourth-order valence-electron chi connectivity index (χ4n) is 3.06. The van der Waals surface area contributed by atoms with Gasteiger partial charge in [-0.15, -0.1) is 11.3 Å². The minimum atomic E-state index is -0.270. The molecule has 0 fully saturated rings. The van der Waals surface area contributed by atoms with Crippen LogP contribution in [0.25, 0.3) is 31.1 Å². The van der Waals surface area contributed by atoms with Gasteiger partial charge in [0.2, 0.25) is 0 Å². The molecule has 4 aromatic rings. The smallest absolute Gasteiger partial charge is 0.354 e. The zero-order valence-electron chi connectivity index (χ0n) is 12.4. The molecule has 3 nitrogen and oxygen atoms in total. The van der Waals surface area contributed by atoms with E-state index in [1.807, 2.05) is 24.6 Å². The summed E-state index contributed by atoms with van der Waals surface area (Å²) in [6.45, 7) is 2.21. The Hall–Kier alpha value is -2.33. The Morgan fingerprint density at radius 2 is 2.00 bits per heavy atom. The molecule has 4 rings (SSSR count). The van der Waals surface area contributed by atoms with Gasteiger partial charge >= 0.3 is 5.97 Å². The van der Waals surface area contributed by atoms with Crippen molar-refractivity contribution in [1.82, 2.24) is 4.57 Å². The molecule has 0 aliphatic heterocycles. The van der Waals surface area contributed by atoms with Gasteiger partial charge in [0.05, 0.1) is 12.1 Å². The lowest BCUT2D eigenvalue weighted by Gasteiger charge is -2.04. The lowest BCUT2D eigenvalue weighted by molar-refractivity contribution is 0.0516. The first-order valence-corrected chi connectivity index (χ1v) is 8.09. The van der Waals surface area contributed by atoms with Gasteiger partial charge in [0, 0.05) is 32.6 Å². The third-order valence-corrected chi connectivity index (χ3v) is 5.16. The first-order valence-electron chi connectivity index (χ1n) is 7.27.